The first-order valence-corrected chi connectivity index (χ1v) is 10.5. The standard InChI is InChI=1S/C23H19F2N5O2/c24-13-5-17(25)20-26-10-18(30(20)11-13)22(32)27-14-8-23(9-14)6-12(7-23)19-15-3-1-2-4-16(15)21(31)29-28-19/h1-5,10-12,14H,6-9H2,(H,27,32)(H,29,31). The average Bonchev–Trinajstić information content (AvgIpc) is 3.14. The van der Waals surface area contributed by atoms with Crippen LogP contribution in [0.15, 0.2) is 47.5 Å². The number of imidazole rings is 1. The Kier molecular flexibility index (Phi) is 3.99. The van der Waals surface area contributed by atoms with Crippen LogP contribution in [-0.4, -0.2) is 31.5 Å². The number of halogens is 2. The zero-order valence-electron chi connectivity index (χ0n) is 16.9. The molecule has 162 valence electrons. The van der Waals surface area contributed by atoms with Gasteiger partial charge in [0, 0.05) is 29.6 Å². The van der Waals surface area contributed by atoms with Gasteiger partial charge in [0.05, 0.1) is 17.3 Å². The minimum atomic E-state index is -0.810. The normalized spacial score (nSPS) is 24.4. The number of nitrogens with zero attached hydrogens (tertiary/aromatic N) is 3. The number of pyridine rings is 1. The Morgan fingerprint density at radius 1 is 1.16 bits per heavy atom. The lowest BCUT2D eigenvalue weighted by molar-refractivity contribution is -0.0197. The molecule has 3 aromatic heterocycles. The zero-order chi connectivity index (χ0) is 22.0. The highest BCUT2D eigenvalue weighted by Gasteiger charge is 2.54. The van der Waals surface area contributed by atoms with Gasteiger partial charge in [-0.3, -0.25) is 14.0 Å². The average molecular weight is 435 g/mol. The molecule has 0 unspecified atom stereocenters. The van der Waals surface area contributed by atoms with Crippen molar-refractivity contribution in [2.24, 2.45) is 5.41 Å². The van der Waals surface area contributed by atoms with Crippen molar-refractivity contribution in [3.63, 3.8) is 0 Å². The van der Waals surface area contributed by atoms with Gasteiger partial charge in [-0.1, -0.05) is 18.2 Å². The van der Waals surface area contributed by atoms with E-state index in [9.17, 15) is 18.4 Å². The second-order valence-corrected chi connectivity index (χ2v) is 9.01. The zero-order valence-corrected chi connectivity index (χ0v) is 16.9. The van der Waals surface area contributed by atoms with E-state index in [0.717, 1.165) is 53.4 Å². The van der Waals surface area contributed by atoms with Crippen molar-refractivity contribution in [1.29, 1.82) is 0 Å². The number of hydrogen-bond acceptors (Lipinski definition) is 4. The monoisotopic (exact) mass is 435 g/mol. The molecule has 7 nitrogen and oxygen atoms in total. The summed E-state index contributed by atoms with van der Waals surface area (Å²) in [7, 11) is 0. The third kappa shape index (κ3) is 2.84. The van der Waals surface area contributed by atoms with Crippen LogP contribution in [0.1, 0.15) is 47.8 Å². The summed E-state index contributed by atoms with van der Waals surface area (Å²) < 4.78 is 28.5. The molecular formula is C23H19F2N5O2. The Balaban J connectivity index is 1.13. The highest BCUT2D eigenvalue weighted by molar-refractivity contribution is 5.93. The van der Waals surface area contributed by atoms with Crippen LogP contribution in [0.25, 0.3) is 16.4 Å². The quantitative estimate of drug-likeness (QED) is 0.517. The van der Waals surface area contributed by atoms with Crippen molar-refractivity contribution in [3.8, 4) is 0 Å². The first-order valence-electron chi connectivity index (χ1n) is 10.5. The third-order valence-corrected chi connectivity index (χ3v) is 6.93. The number of benzene rings is 1. The van der Waals surface area contributed by atoms with E-state index in [0.29, 0.717) is 5.39 Å². The number of amides is 1. The van der Waals surface area contributed by atoms with Gasteiger partial charge < -0.3 is 5.32 Å². The molecule has 2 aliphatic rings. The lowest BCUT2D eigenvalue weighted by atomic mass is 9.49. The first-order chi connectivity index (χ1) is 15.4. The maximum atomic E-state index is 13.8. The van der Waals surface area contributed by atoms with Crippen molar-refractivity contribution in [3.05, 3.63) is 76.1 Å². The van der Waals surface area contributed by atoms with E-state index in [1.807, 2.05) is 18.2 Å². The highest BCUT2D eigenvalue weighted by atomic mass is 19.1. The molecule has 2 fully saturated rings. The highest BCUT2D eigenvalue weighted by Crippen LogP contribution is 2.62. The molecule has 2 saturated carbocycles. The van der Waals surface area contributed by atoms with E-state index in [1.165, 1.54) is 6.20 Å². The van der Waals surface area contributed by atoms with Gasteiger partial charge in [0.1, 0.15) is 11.5 Å². The molecule has 2 N–H and O–H groups in total. The minimum Gasteiger partial charge on any atom is -0.348 e. The van der Waals surface area contributed by atoms with Gasteiger partial charge in [0.2, 0.25) is 0 Å². The molecule has 6 rings (SSSR count). The summed E-state index contributed by atoms with van der Waals surface area (Å²) in [5.74, 6) is -1.70. The van der Waals surface area contributed by atoms with Crippen molar-refractivity contribution in [2.45, 2.75) is 37.6 Å². The second kappa shape index (κ2) is 6.69. The van der Waals surface area contributed by atoms with Crippen LogP contribution >= 0.6 is 0 Å². The lowest BCUT2D eigenvalue weighted by Gasteiger charge is -2.57. The van der Waals surface area contributed by atoms with Crippen LogP contribution < -0.4 is 10.9 Å². The summed E-state index contributed by atoms with van der Waals surface area (Å²) in [6.07, 6.45) is 5.91. The number of nitrogens with one attached hydrogen (secondary N) is 2. The van der Waals surface area contributed by atoms with Crippen LogP contribution in [0.2, 0.25) is 0 Å². The predicted octanol–water partition coefficient (Wildman–Crippen LogP) is 3.31. The summed E-state index contributed by atoms with van der Waals surface area (Å²) in [6.45, 7) is 0. The van der Waals surface area contributed by atoms with E-state index in [4.69, 9.17) is 0 Å². The fourth-order valence-electron chi connectivity index (χ4n) is 5.49. The van der Waals surface area contributed by atoms with Crippen LogP contribution in [0, 0.1) is 17.0 Å². The molecule has 1 spiro atoms. The number of rotatable bonds is 3. The Hall–Kier alpha value is -3.62. The number of aromatic amines is 1. The molecule has 0 bridgehead atoms. The van der Waals surface area contributed by atoms with E-state index in [1.54, 1.807) is 6.07 Å². The van der Waals surface area contributed by atoms with E-state index in [-0.39, 0.29) is 34.3 Å². The number of aromatic nitrogens is 4. The summed E-state index contributed by atoms with van der Waals surface area (Å²) in [5, 5.41) is 11.4. The predicted molar refractivity (Wildman–Crippen MR) is 112 cm³/mol. The number of carbonyl (C=O) groups excluding carboxylic acids is 1. The Labute approximate surface area is 180 Å². The molecular weight excluding hydrogens is 416 g/mol. The SMILES string of the molecule is O=C(NC1CC2(C1)CC(c1n[nH]c(=O)c3ccccc13)C2)c1cnc2c(F)cc(F)cn12. The fourth-order valence-corrected chi connectivity index (χ4v) is 5.49. The van der Waals surface area contributed by atoms with Gasteiger partial charge >= 0.3 is 0 Å². The van der Waals surface area contributed by atoms with Gasteiger partial charge in [-0.2, -0.15) is 5.10 Å². The van der Waals surface area contributed by atoms with E-state index < -0.39 is 17.5 Å². The number of hydrogen-bond donors (Lipinski definition) is 2. The van der Waals surface area contributed by atoms with Gasteiger partial charge in [-0.15, -0.1) is 0 Å². The maximum Gasteiger partial charge on any atom is 0.272 e. The summed E-state index contributed by atoms with van der Waals surface area (Å²) >= 11 is 0. The van der Waals surface area contributed by atoms with Crippen LogP contribution in [0.5, 0.6) is 0 Å². The van der Waals surface area contributed by atoms with Gasteiger partial charge in [-0.05, 0) is 37.2 Å². The molecule has 4 aromatic rings. The molecule has 1 amide bonds. The Bertz CT molecular complexity index is 1450. The van der Waals surface area contributed by atoms with Crippen LogP contribution in [0.3, 0.4) is 0 Å². The molecule has 0 atom stereocenters. The molecule has 0 aliphatic heterocycles. The molecule has 0 radical (unpaired) electrons. The summed E-state index contributed by atoms with van der Waals surface area (Å²) in [4.78, 5) is 28.6. The topological polar surface area (TPSA) is 92.1 Å². The van der Waals surface area contributed by atoms with Crippen molar-refractivity contribution < 1.29 is 13.6 Å². The number of fused-ring (bicyclic) bond motifs is 2. The van der Waals surface area contributed by atoms with Gasteiger partial charge in [0.25, 0.3) is 11.5 Å². The van der Waals surface area contributed by atoms with Crippen molar-refractivity contribution >= 4 is 22.3 Å². The fraction of sp³-hybridized carbons (Fsp3) is 0.304. The first kappa shape index (κ1) is 19.1. The van der Waals surface area contributed by atoms with Crippen molar-refractivity contribution in [1.82, 2.24) is 24.9 Å². The van der Waals surface area contributed by atoms with Crippen LogP contribution in [0.4, 0.5) is 8.78 Å². The number of carbonyl (C=O) groups is 1. The molecule has 3 heterocycles. The van der Waals surface area contributed by atoms with Gasteiger partial charge in [-0.25, -0.2) is 18.9 Å². The Morgan fingerprint density at radius 2 is 1.91 bits per heavy atom. The Morgan fingerprint density at radius 3 is 2.69 bits per heavy atom. The minimum absolute atomic E-state index is 0.00712. The van der Waals surface area contributed by atoms with Crippen molar-refractivity contribution in [2.75, 3.05) is 0 Å². The molecule has 2 aliphatic carbocycles. The second-order valence-electron chi connectivity index (χ2n) is 9.01. The smallest absolute Gasteiger partial charge is 0.272 e. The lowest BCUT2D eigenvalue weighted by Crippen LogP contribution is -2.55. The van der Waals surface area contributed by atoms with E-state index in [2.05, 4.69) is 20.5 Å². The number of H-pyrrole nitrogens is 1. The third-order valence-electron chi connectivity index (χ3n) is 6.93. The summed E-state index contributed by atoms with van der Waals surface area (Å²) in [5.41, 5.74) is 0.933. The molecule has 32 heavy (non-hydrogen) atoms. The van der Waals surface area contributed by atoms with Crippen LogP contribution in [-0.2, 0) is 0 Å². The summed E-state index contributed by atoms with van der Waals surface area (Å²) in [6, 6.07) is 8.24. The molecule has 1 aromatic carbocycles. The van der Waals surface area contributed by atoms with E-state index >= 15 is 0 Å². The maximum absolute atomic E-state index is 13.8. The molecule has 0 saturated heterocycles. The van der Waals surface area contributed by atoms with Gasteiger partial charge in [0.15, 0.2) is 11.5 Å². The largest absolute Gasteiger partial charge is 0.348 e. The molecule has 9 heteroatoms.